The monoisotopic (exact) mass is 292 g/mol. The fraction of sp³-hybridized carbons (Fsp3) is 0.765. The van der Waals surface area contributed by atoms with Crippen molar-refractivity contribution in [3.8, 4) is 0 Å². The predicted molar refractivity (Wildman–Crippen MR) is 83.3 cm³/mol. The van der Waals surface area contributed by atoms with Gasteiger partial charge in [0, 0.05) is 12.6 Å². The van der Waals surface area contributed by atoms with Gasteiger partial charge in [0.25, 0.3) is 0 Å². The summed E-state index contributed by atoms with van der Waals surface area (Å²) >= 11 is 0. The van der Waals surface area contributed by atoms with Gasteiger partial charge in [0.1, 0.15) is 0 Å². The van der Waals surface area contributed by atoms with Crippen molar-refractivity contribution in [1.29, 1.82) is 0 Å². The van der Waals surface area contributed by atoms with Gasteiger partial charge in [-0.1, -0.05) is 25.5 Å². The molecule has 0 bridgehead atoms. The molecule has 2 amide bonds. The molecule has 0 aromatic carbocycles. The lowest BCUT2D eigenvalue weighted by Gasteiger charge is -2.37. The van der Waals surface area contributed by atoms with Gasteiger partial charge < -0.3 is 10.6 Å². The van der Waals surface area contributed by atoms with Crippen molar-refractivity contribution >= 4 is 11.8 Å². The van der Waals surface area contributed by atoms with E-state index in [1.807, 2.05) is 4.90 Å². The molecule has 2 rings (SSSR count). The average molecular weight is 292 g/mol. The predicted octanol–water partition coefficient (Wildman–Crippen LogP) is 2.34. The number of primary amides is 1. The fourth-order valence-electron chi connectivity index (χ4n) is 3.64. The third kappa shape index (κ3) is 2.99. The minimum Gasteiger partial charge on any atom is -0.369 e. The van der Waals surface area contributed by atoms with Gasteiger partial charge in [0.15, 0.2) is 0 Å². The van der Waals surface area contributed by atoms with Crippen molar-refractivity contribution in [2.75, 3.05) is 6.54 Å². The van der Waals surface area contributed by atoms with Crippen LogP contribution in [-0.4, -0.2) is 29.3 Å². The lowest BCUT2D eigenvalue weighted by Crippen LogP contribution is -2.49. The van der Waals surface area contributed by atoms with Gasteiger partial charge >= 0.3 is 0 Å². The molecule has 4 heteroatoms. The van der Waals surface area contributed by atoms with E-state index in [1.54, 1.807) is 0 Å². The Morgan fingerprint density at radius 3 is 2.38 bits per heavy atom. The first-order valence-electron chi connectivity index (χ1n) is 7.91. The van der Waals surface area contributed by atoms with Gasteiger partial charge in [0.2, 0.25) is 11.8 Å². The Hall–Kier alpha value is -1.32. The van der Waals surface area contributed by atoms with Crippen LogP contribution in [0, 0.1) is 23.2 Å². The molecule has 1 saturated heterocycles. The van der Waals surface area contributed by atoms with Gasteiger partial charge in [-0.2, -0.15) is 0 Å². The number of nitrogens with zero attached hydrogens (tertiary/aromatic N) is 1. The van der Waals surface area contributed by atoms with Gasteiger partial charge in [-0.25, -0.2) is 0 Å². The summed E-state index contributed by atoms with van der Waals surface area (Å²) in [6, 6.07) is 0.205. The third-order valence-electron chi connectivity index (χ3n) is 5.26. The Morgan fingerprint density at radius 1 is 1.24 bits per heavy atom. The number of hydrogen-bond donors (Lipinski definition) is 1. The molecule has 118 valence electrons. The molecule has 1 heterocycles. The Morgan fingerprint density at radius 2 is 1.86 bits per heavy atom. The maximum Gasteiger partial charge on any atom is 0.227 e. The zero-order chi connectivity index (χ0) is 15.9. The van der Waals surface area contributed by atoms with Gasteiger partial charge in [-0.15, -0.1) is 0 Å². The summed E-state index contributed by atoms with van der Waals surface area (Å²) in [4.78, 5) is 26.2. The van der Waals surface area contributed by atoms with E-state index in [2.05, 4.69) is 40.7 Å². The summed E-state index contributed by atoms with van der Waals surface area (Å²) in [6.45, 7) is 11.0. The Kier molecular flexibility index (Phi) is 4.18. The SMILES string of the molecule is CC(C)=C[C@@H]1[C@H](C(=O)N2C[C@H](C(N)=O)CC[C@H]2C)C1(C)C. The molecule has 21 heavy (non-hydrogen) atoms. The van der Waals surface area contributed by atoms with E-state index >= 15 is 0 Å². The van der Waals surface area contributed by atoms with Crippen molar-refractivity contribution in [1.82, 2.24) is 4.90 Å². The van der Waals surface area contributed by atoms with Crippen molar-refractivity contribution in [3.05, 3.63) is 11.6 Å². The molecule has 1 aliphatic carbocycles. The van der Waals surface area contributed by atoms with Crippen LogP contribution in [0.5, 0.6) is 0 Å². The lowest BCUT2D eigenvalue weighted by atomic mass is 9.92. The van der Waals surface area contributed by atoms with Crippen LogP contribution in [0.15, 0.2) is 11.6 Å². The number of amides is 2. The highest BCUT2D eigenvalue weighted by molar-refractivity contribution is 5.85. The minimum atomic E-state index is -0.282. The molecule has 2 N–H and O–H groups in total. The summed E-state index contributed by atoms with van der Waals surface area (Å²) in [5.41, 5.74) is 6.70. The van der Waals surface area contributed by atoms with Crippen molar-refractivity contribution in [2.45, 2.75) is 53.5 Å². The number of carbonyl (C=O) groups excluding carboxylic acids is 2. The highest BCUT2D eigenvalue weighted by atomic mass is 16.2. The maximum atomic E-state index is 12.9. The van der Waals surface area contributed by atoms with Crippen LogP contribution in [0.2, 0.25) is 0 Å². The number of likely N-dealkylation sites (tertiary alicyclic amines) is 1. The molecule has 2 aliphatic rings. The fourth-order valence-corrected chi connectivity index (χ4v) is 3.64. The smallest absolute Gasteiger partial charge is 0.227 e. The van der Waals surface area contributed by atoms with E-state index in [9.17, 15) is 9.59 Å². The summed E-state index contributed by atoms with van der Waals surface area (Å²) in [5, 5.41) is 0. The van der Waals surface area contributed by atoms with Crippen LogP contribution in [-0.2, 0) is 9.59 Å². The van der Waals surface area contributed by atoms with Gasteiger partial charge in [-0.3, -0.25) is 9.59 Å². The highest BCUT2D eigenvalue weighted by Gasteiger charge is 2.61. The molecule has 1 saturated carbocycles. The molecule has 0 aromatic heterocycles. The molecule has 2 fully saturated rings. The highest BCUT2D eigenvalue weighted by Crippen LogP contribution is 2.60. The quantitative estimate of drug-likeness (QED) is 0.811. The topological polar surface area (TPSA) is 63.4 Å². The van der Waals surface area contributed by atoms with Crippen molar-refractivity contribution in [2.24, 2.45) is 28.9 Å². The van der Waals surface area contributed by atoms with Crippen LogP contribution in [0.1, 0.15) is 47.5 Å². The average Bonchev–Trinajstić information content (AvgIpc) is 2.89. The van der Waals surface area contributed by atoms with E-state index in [4.69, 9.17) is 5.73 Å². The van der Waals surface area contributed by atoms with Crippen LogP contribution >= 0.6 is 0 Å². The molecule has 0 unspecified atom stereocenters. The third-order valence-corrected chi connectivity index (χ3v) is 5.26. The van der Waals surface area contributed by atoms with E-state index in [1.165, 1.54) is 5.57 Å². The zero-order valence-corrected chi connectivity index (χ0v) is 13.8. The number of carbonyl (C=O) groups is 2. The first kappa shape index (κ1) is 16.1. The minimum absolute atomic E-state index is 0.0216. The number of hydrogen-bond acceptors (Lipinski definition) is 2. The molecular weight excluding hydrogens is 264 g/mol. The molecular formula is C17H28N2O2. The van der Waals surface area contributed by atoms with E-state index in [0.717, 1.165) is 12.8 Å². The van der Waals surface area contributed by atoms with Crippen LogP contribution in [0.3, 0.4) is 0 Å². The molecule has 0 spiro atoms. The summed E-state index contributed by atoms with van der Waals surface area (Å²) < 4.78 is 0. The maximum absolute atomic E-state index is 12.9. The number of rotatable bonds is 3. The molecule has 1 aliphatic heterocycles. The normalized spacial score (nSPS) is 34.2. The van der Waals surface area contributed by atoms with E-state index in [-0.39, 0.29) is 35.1 Å². The number of nitrogens with two attached hydrogens (primary N) is 1. The van der Waals surface area contributed by atoms with Crippen molar-refractivity contribution < 1.29 is 9.59 Å². The summed E-state index contributed by atoms with van der Waals surface area (Å²) in [5.74, 6) is 0.0862. The zero-order valence-electron chi connectivity index (χ0n) is 13.8. The number of allylic oxidation sites excluding steroid dienone is 2. The Labute approximate surface area is 127 Å². The second-order valence-electron chi connectivity index (χ2n) is 7.59. The van der Waals surface area contributed by atoms with Gasteiger partial charge in [0.05, 0.1) is 11.8 Å². The van der Waals surface area contributed by atoms with Crippen LogP contribution in [0.4, 0.5) is 0 Å². The van der Waals surface area contributed by atoms with Crippen LogP contribution in [0.25, 0.3) is 0 Å². The second-order valence-corrected chi connectivity index (χ2v) is 7.59. The molecule has 0 aromatic rings. The van der Waals surface area contributed by atoms with Gasteiger partial charge in [-0.05, 0) is 44.9 Å². The first-order valence-corrected chi connectivity index (χ1v) is 7.91. The Bertz CT molecular complexity index is 477. The van der Waals surface area contributed by atoms with E-state index < -0.39 is 0 Å². The standard InChI is InChI=1S/C17H28N2O2/c1-10(2)8-13-14(17(13,4)5)16(21)19-9-12(15(18)20)7-6-11(19)3/h8,11-14H,6-7,9H2,1-5H3,(H2,18,20)/t11-,12-,13-,14-/m1/s1. The second kappa shape index (κ2) is 5.47. The molecule has 4 nitrogen and oxygen atoms in total. The molecule has 0 radical (unpaired) electrons. The van der Waals surface area contributed by atoms with E-state index in [0.29, 0.717) is 12.5 Å². The Balaban J connectivity index is 2.12. The summed E-state index contributed by atoms with van der Waals surface area (Å²) in [7, 11) is 0. The lowest BCUT2D eigenvalue weighted by molar-refractivity contribution is -0.139. The first-order chi connectivity index (χ1) is 9.66. The van der Waals surface area contributed by atoms with Crippen molar-refractivity contribution in [3.63, 3.8) is 0 Å². The largest absolute Gasteiger partial charge is 0.369 e. The number of piperidine rings is 1. The van der Waals surface area contributed by atoms with Crippen LogP contribution < -0.4 is 5.73 Å². The summed E-state index contributed by atoms with van der Waals surface area (Å²) in [6.07, 6.45) is 3.87. The molecule has 4 atom stereocenters.